The van der Waals surface area contributed by atoms with Gasteiger partial charge in [0.05, 0.1) is 6.61 Å². The van der Waals surface area contributed by atoms with E-state index in [1.54, 1.807) is 17.5 Å². The minimum atomic E-state index is 0.164. The molecule has 0 fully saturated rings. The van der Waals surface area contributed by atoms with Gasteiger partial charge in [0.15, 0.2) is 0 Å². The lowest BCUT2D eigenvalue weighted by Crippen LogP contribution is -2.36. The maximum atomic E-state index is 9.66. The van der Waals surface area contributed by atoms with Gasteiger partial charge in [-0.2, -0.15) is 0 Å². The Labute approximate surface area is 130 Å². The van der Waals surface area contributed by atoms with E-state index in [0.717, 1.165) is 30.9 Å². The maximum absolute atomic E-state index is 9.66. The van der Waals surface area contributed by atoms with Crippen LogP contribution in [-0.4, -0.2) is 34.7 Å². The fraction of sp³-hybridized carbons (Fsp3) is 0.438. The molecule has 0 spiro atoms. The Kier molecular flexibility index (Phi) is 6.17. The first-order chi connectivity index (χ1) is 10.3. The molecular formula is C16H23N3OS. The molecule has 0 unspecified atom stereocenters. The van der Waals surface area contributed by atoms with Crippen LogP contribution in [0, 0.1) is 0 Å². The lowest BCUT2D eigenvalue weighted by atomic mass is 10.1. The normalized spacial score (nSPS) is 12.6. The summed E-state index contributed by atoms with van der Waals surface area (Å²) in [6, 6.07) is 8.42. The fourth-order valence-electron chi connectivity index (χ4n) is 2.43. The Hall–Kier alpha value is -1.43. The van der Waals surface area contributed by atoms with E-state index in [0.29, 0.717) is 0 Å². The van der Waals surface area contributed by atoms with E-state index in [2.05, 4.69) is 45.7 Å². The number of aliphatic hydroxyl groups is 1. The second-order valence-corrected chi connectivity index (χ2v) is 6.02. The fourth-order valence-corrected chi connectivity index (χ4v) is 3.16. The lowest BCUT2D eigenvalue weighted by Gasteiger charge is -2.30. The Bertz CT molecular complexity index is 526. The molecule has 0 bridgehead atoms. The predicted molar refractivity (Wildman–Crippen MR) is 88.5 cm³/mol. The molecule has 2 N–H and O–H groups in total. The maximum Gasteiger partial charge on any atom is 0.130 e. The smallest absolute Gasteiger partial charge is 0.130 e. The van der Waals surface area contributed by atoms with Crippen LogP contribution in [0.4, 0.5) is 5.82 Å². The Balaban J connectivity index is 2.18. The average molecular weight is 305 g/mol. The van der Waals surface area contributed by atoms with Crippen LogP contribution in [0.25, 0.3) is 0 Å². The minimum absolute atomic E-state index is 0.164. The first kappa shape index (κ1) is 15.9. The van der Waals surface area contributed by atoms with Crippen molar-refractivity contribution in [3.63, 3.8) is 0 Å². The monoisotopic (exact) mass is 305 g/mol. The zero-order chi connectivity index (χ0) is 15.1. The number of pyridine rings is 1. The molecule has 0 radical (unpaired) electrons. The number of nitrogens with one attached hydrogen (secondary N) is 1. The van der Waals surface area contributed by atoms with E-state index in [1.807, 2.05) is 13.1 Å². The number of hydrogen-bond acceptors (Lipinski definition) is 5. The molecule has 0 aliphatic heterocycles. The van der Waals surface area contributed by atoms with Crippen LogP contribution in [0.2, 0.25) is 0 Å². The van der Waals surface area contributed by atoms with Crippen LogP contribution in [0.1, 0.15) is 23.8 Å². The lowest BCUT2D eigenvalue weighted by molar-refractivity contribution is 0.108. The third-order valence-corrected chi connectivity index (χ3v) is 4.50. The average Bonchev–Trinajstić information content (AvgIpc) is 3.02. The van der Waals surface area contributed by atoms with Crippen LogP contribution in [-0.2, 0) is 13.1 Å². The highest BCUT2D eigenvalue weighted by Gasteiger charge is 2.18. The largest absolute Gasteiger partial charge is 0.395 e. The summed E-state index contributed by atoms with van der Waals surface area (Å²) in [5.74, 6) is 0.904. The summed E-state index contributed by atoms with van der Waals surface area (Å²) in [6.45, 7) is 3.93. The van der Waals surface area contributed by atoms with Crippen molar-refractivity contribution in [2.75, 3.05) is 19.0 Å². The van der Waals surface area contributed by atoms with Gasteiger partial charge in [-0.05, 0) is 23.9 Å². The van der Waals surface area contributed by atoms with Gasteiger partial charge in [-0.25, -0.2) is 4.98 Å². The predicted octanol–water partition coefficient (Wildman–Crippen LogP) is 2.96. The summed E-state index contributed by atoms with van der Waals surface area (Å²) in [6.07, 6.45) is 2.72. The second kappa shape index (κ2) is 8.12. The van der Waals surface area contributed by atoms with Crippen molar-refractivity contribution in [2.24, 2.45) is 0 Å². The minimum Gasteiger partial charge on any atom is -0.395 e. The number of hydrogen-bond donors (Lipinski definition) is 2. The van der Waals surface area contributed by atoms with Gasteiger partial charge in [0.2, 0.25) is 0 Å². The Morgan fingerprint density at radius 2 is 2.19 bits per heavy atom. The van der Waals surface area contributed by atoms with Crippen LogP contribution < -0.4 is 5.32 Å². The number of aliphatic hydroxyl groups excluding tert-OH is 1. The topological polar surface area (TPSA) is 48.4 Å². The number of thiophene rings is 1. The molecule has 1 atom stereocenters. The zero-order valence-corrected chi connectivity index (χ0v) is 13.4. The van der Waals surface area contributed by atoms with Gasteiger partial charge in [0.25, 0.3) is 0 Å². The first-order valence-electron chi connectivity index (χ1n) is 7.27. The number of nitrogens with zero attached hydrogens (tertiary/aromatic N) is 2. The highest BCUT2D eigenvalue weighted by Crippen LogP contribution is 2.20. The molecule has 21 heavy (non-hydrogen) atoms. The van der Waals surface area contributed by atoms with Crippen LogP contribution in [0.5, 0.6) is 0 Å². The molecule has 2 aromatic rings. The summed E-state index contributed by atoms with van der Waals surface area (Å²) in [4.78, 5) is 8.00. The Morgan fingerprint density at radius 3 is 2.81 bits per heavy atom. The summed E-state index contributed by atoms with van der Waals surface area (Å²) < 4.78 is 0. The van der Waals surface area contributed by atoms with Gasteiger partial charge >= 0.3 is 0 Å². The van der Waals surface area contributed by atoms with E-state index in [9.17, 15) is 5.11 Å². The molecular weight excluding hydrogens is 282 g/mol. The Morgan fingerprint density at radius 1 is 1.33 bits per heavy atom. The van der Waals surface area contributed by atoms with Gasteiger partial charge in [-0.1, -0.05) is 19.1 Å². The van der Waals surface area contributed by atoms with E-state index in [1.165, 1.54) is 4.88 Å². The van der Waals surface area contributed by atoms with Crippen molar-refractivity contribution in [1.82, 2.24) is 9.88 Å². The number of anilines is 1. The van der Waals surface area contributed by atoms with Crippen molar-refractivity contribution in [1.29, 1.82) is 0 Å². The van der Waals surface area contributed by atoms with Crippen molar-refractivity contribution < 1.29 is 5.11 Å². The van der Waals surface area contributed by atoms with E-state index < -0.39 is 0 Å². The van der Waals surface area contributed by atoms with Crippen molar-refractivity contribution >= 4 is 17.2 Å². The van der Waals surface area contributed by atoms with Gasteiger partial charge in [-0.3, -0.25) is 4.90 Å². The van der Waals surface area contributed by atoms with Gasteiger partial charge in [0.1, 0.15) is 5.82 Å². The first-order valence-corrected chi connectivity index (χ1v) is 8.15. The molecule has 0 aliphatic carbocycles. The van der Waals surface area contributed by atoms with E-state index in [-0.39, 0.29) is 12.6 Å². The van der Waals surface area contributed by atoms with Gasteiger partial charge in [0, 0.05) is 42.8 Å². The molecule has 0 aromatic carbocycles. The summed E-state index contributed by atoms with van der Waals surface area (Å²) >= 11 is 1.76. The van der Waals surface area contributed by atoms with E-state index in [4.69, 9.17) is 0 Å². The molecule has 114 valence electrons. The highest BCUT2D eigenvalue weighted by atomic mass is 32.1. The van der Waals surface area contributed by atoms with Crippen LogP contribution in [0.15, 0.2) is 35.8 Å². The third-order valence-electron chi connectivity index (χ3n) is 3.64. The zero-order valence-electron chi connectivity index (χ0n) is 12.6. The van der Waals surface area contributed by atoms with Crippen molar-refractivity contribution in [3.05, 3.63) is 46.3 Å². The summed E-state index contributed by atoms with van der Waals surface area (Å²) in [5.41, 5.74) is 1.16. The number of aromatic nitrogens is 1. The molecule has 2 heterocycles. The molecule has 0 saturated heterocycles. The molecule has 0 saturated carbocycles. The van der Waals surface area contributed by atoms with Gasteiger partial charge in [-0.15, -0.1) is 11.3 Å². The molecule has 2 aromatic heterocycles. The van der Waals surface area contributed by atoms with E-state index >= 15 is 0 Å². The van der Waals surface area contributed by atoms with Gasteiger partial charge < -0.3 is 10.4 Å². The molecule has 0 amide bonds. The standard InChI is InChI=1S/C16H23N3OS/c1-3-14(12-20)19(11-15-7-5-9-21-15)10-13-6-4-8-18-16(13)17-2/h4-9,14,20H,3,10-12H2,1-2H3,(H,17,18)/t14-/m1/s1. The molecule has 0 aliphatic rings. The quantitative estimate of drug-likeness (QED) is 0.787. The van der Waals surface area contributed by atoms with Crippen LogP contribution >= 0.6 is 11.3 Å². The summed E-state index contributed by atoms with van der Waals surface area (Å²) in [5, 5.41) is 14.9. The highest BCUT2D eigenvalue weighted by molar-refractivity contribution is 7.09. The molecule has 4 nitrogen and oxygen atoms in total. The SMILES string of the molecule is CC[C@H](CO)N(Cc1cccs1)Cc1cccnc1NC. The second-order valence-electron chi connectivity index (χ2n) is 4.99. The summed E-state index contributed by atoms with van der Waals surface area (Å²) in [7, 11) is 1.89. The third kappa shape index (κ3) is 4.27. The molecule has 5 heteroatoms. The van der Waals surface area contributed by atoms with Crippen molar-refractivity contribution in [3.8, 4) is 0 Å². The molecule has 2 rings (SSSR count). The van der Waals surface area contributed by atoms with Crippen molar-refractivity contribution in [2.45, 2.75) is 32.5 Å². The number of rotatable bonds is 8. The van der Waals surface area contributed by atoms with Crippen LogP contribution in [0.3, 0.4) is 0 Å².